The number of hydrogen-bond acceptors (Lipinski definition) is 7. The summed E-state index contributed by atoms with van der Waals surface area (Å²) in [4.78, 5) is 34.8. The fraction of sp³-hybridized carbons (Fsp3) is 0.500. The molecule has 5 rings (SSSR count). The van der Waals surface area contributed by atoms with Crippen LogP contribution in [0.1, 0.15) is 53.5 Å². The summed E-state index contributed by atoms with van der Waals surface area (Å²) in [6, 6.07) is 3.90. The smallest absolute Gasteiger partial charge is 0.410 e. The first kappa shape index (κ1) is 30.0. The second-order valence-electron chi connectivity index (χ2n) is 12.0. The van der Waals surface area contributed by atoms with Gasteiger partial charge in [-0.1, -0.05) is 11.6 Å². The van der Waals surface area contributed by atoms with Crippen LogP contribution in [0.15, 0.2) is 29.1 Å². The van der Waals surface area contributed by atoms with E-state index in [1.165, 1.54) is 10.6 Å². The average molecular weight is 605 g/mol. The van der Waals surface area contributed by atoms with Gasteiger partial charge in [-0.2, -0.15) is 4.98 Å². The highest BCUT2D eigenvalue weighted by Crippen LogP contribution is 2.47. The van der Waals surface area contributed by atoms with Gasteiger partial charge in [0, 0.05) is 54.4 Å². The highest BCUT2D eigenvalue weighted by molar-refractivity contribution is 6.35. The Balaban J connectivity index is 1.67. The van der Waals surface area contributed by atoms with E-state index < -0.39 is 35.1 Å². The van der Waals surface area contributed by atoms with Crippen molar-refractivity contribution in [2.45, 2.75) is 71.2 Å². The van der Waals surface area contributed by atoms with Gasteiger partial charge in [0.05, 0.1) is 16.6 Å². The first-order valence-electron chi connectivity index (χ1n) is 14.0. The Bertz CT molecular complexity index is 1590. The van der Waals surface area contributed by atoms with E-state index in [1.807, 2.05) is 39.5 Å². The third-order valence-electron chi connectivity index (χ3n) is 7.66. The van der Waals surface area contributed by atoms with Gasteiger partial charge >= 0.3 is 11.8 Å². The van der Waals surface area contributed by atoms with E-state index in [9.17, 15) is 19.1 Å². The van der Waals surface area contributed by atoms with E-state index >= 15 is 4.39 Å². The second-order valence-corrected chi connectivity index (χ2v) is 12.4. The van der Waals surface area contributed by atoms with Crippen molar-refractivity contribution in [3.05, 3.63) is 51.4 Å². The fourth-order valence-electron chi connectivity index (χ4n) is 5.76. The monoisotopic (exact) mass is 604 g/mol. The van der Waals surface area contributed by atoms with Crippen molar-refractivity contribution >= 4 is 34.4 Å². The van der Waals surface area contributed by atoms with E-state index in [1.54, 1.807) is 11.0 Å². The van der Waals surface area contributed by atoms with Gasteiger partial charge in [0.1, 0.15) is 29.7 Å². The number of piperazine rings is 1. The molecule has 1 aromatic heterocycles. The van der Waals surface area contributed by atoms with Crippen LogP contribution in [0.3, 0.4) is 0 Å². The predicted molar refractivity (Wildman–Crippen MR) is 156 cm³/mol. The molecule has 0 unspecified atom stereocenters. The van der Waals surface area contributed by atoms with Crippen molar-refractivity contribution < 1.29 is 28.2 Å². The molecule has 2 aliphatic rings. The number of halogens is 3. The Kier molecular flexibility index (Phi) is 8.10. The molecule has 2 aromatic carbocycles. The van der Waals surface area contributed by atoms with Gasteiger partial charge < -0.3 is 24.4 Å². The summed E-state index contributed by atoms with van der Waals surface area (Å²) in [5, 5.41) is 10.1. The van der Waals surface area contributed by atoms with E-state index in [0.29, 0.717) is 42.7 Å². The zero-order valence-corrected chi connectivity index (χ0v) is 25.0. The number of ether oxygens (including phenoxy) is 2. The standard InChI is InChI=1S/C30H35ClF2N4O5/c1-16-14-36(29(40)42-30(3,4)5)17(2)13-35(16)27-21-12-22(31)24(20-9-8-18(32)11-23(20)33)26-25(21)37(28(39)34-27)19(15-41-26)7-6-10-38/h8-9,11-12,16-17,19,38H,6-7,10,13-15H2,1-5H3/t16-,17+,19+/m0/s1. The van der Waals surface area contributed by atoms with Crippen molar-refractivity contribution in [3.8, 4) is 16.9 Å². The summed E-state index contributed by atoms with van der Waals surface area (Å²) in [5.74, 6) is -0.974. The second kappa shape index (κ2) is 11.3. The van der Waals surface area contributed by atoms with Gasteiger partial charge in [-0.05, 0) is 65.7 Å². The number of aliphatic hydroxyl groups is 1. The van der Waals surface area contributed by atoms with Crippen LogP contribution in [-0.2, 0) is 4.74 Å². The van der Waals surface area contributed by atoms with Crippen molar-refractivity contribution in [3.63, 3.8) is 0 Å². The molecule has 0 saturated carbocycles. The van der Waals surface area contributed by atoms with E-state index in [2.05, 4.69) is 4.98 Å². The van der Waals surface area contributed by atoms with Crippen molar-refractivity contribution in [2.24, 2.45) is 0 Å². The molecule has 1 saturated heterocycles. The number of hydrogen-bond donors (Lipinski definition) is 1. The molecule has 1 amide bonds. The number of rotatable bonds is 5. The van der Waals surface area contributed by atoms with Crippen LogP contribution in [0.25, 0.3) is 22.0 Å². The number of amides is 1. The minimum absolute atomic E-state index is 0.0393. The number of aromatic nitrogens is 2. The molecule has 1 fully saturated rings. The summed E-state index contributed by atoms with van der Waals surface area (Å²) >= 11 is 6.80. The molecule has 226 valence electrons. The zero-order valence-electron chi connectivity index (χ0n) is 24.3. The topological polar surface area (TPSA) is 97.1 Å². The summed E-state index contributed by atoms with van der Waals surface area (Å²) in [7, 11) is 0. The quantitative estimate of drug-likeness (QED) is 0.409. The molecule has 3 aromatic rings. The Labute approximate surface area is 247 Å². The molecular formula is C30H35ClF2N4O5. The third-order valence-corrected chi connectivity index (χ3v) is 7.96. The third kappa shape index (κ3) is 5.51. The Morgan fingerprint density at radius 1 is 1.19 bits per heavy atom. The Hall–Kier alpha value is -3.44. The fourth-order valence-corrected chi connectivity index (χ4v) is 6.05. The average Bonchev–Trinajstić information content (AvgIpc) is 2.90. The Morgan fingerprint density at radius 2 is 1.93 bits per heavy atom. The van der Waals surface area contributed by atoms with Crippen LogP contribution >= 0.6 is 11.6 Å². The molecule has 0 radical (unpaired) electrons. The first-order chi connectivity index (χ1) is 19.8. The molecule has 0 aliphatic carbocycles. The number of benzene rings is 2. The number of nitrogens with zero attached hydrogens (tertiary/aromatic N) is 4. The predicted octanol–water partition coefficient (Wildman–Crippen LogP) is 5.54. The summed E-state index contributed by atoms with van der Waals surface area (Å²) in [6.07, 6.45) is 0.477. The summed E-state index contributed by atoms with van der Waals surface area (Å²) in [6.45, 7) is 9.99. The lowest BCUT2D eigenvalue weighted by Crippen LogP contribution is -2.59. The zero-order chi connectivity index (χ0) is 30.5. The lowest BCUT2D eigenvalue weighted by atomic mass is 9.98. The molecular weight excluding hydrogens is 570 g/mol. The van der Waals surface area contributed by atoms with Crippen LogP contribution in [0, 0.1) is 11.6 Å². The maximum Gasteiger partial charge on any atom is 0.410 e. The molecule has 1 N–H and O–H groups in total. The molecule has 0 bridgehead atoms. The van der Waals surface area contributed by atoms with Gasteiger partial charge in [0.15, 0.2) is 5.75 Å². The highest BCUT2D eigenvalue weighted by atomic mass is 35.5. The van der Waals surface area contributed by atoms with Crippen LogP contribution in [0.5, 0.6) is 5.75 Å². The van der Waals surface area contributed by atoms with Crippen molar-refractivity contribution in [2.75, 3.05) is 31.2 Å². The SMILES string of the molecule is C[C@@H]1CN(c2nc(=O)n3c4c(c(-c5ccc(F)cc5F)c(Cl)cc24)OC[C@H]3CCCO)[C@@H](C)CN1C(=O)OC(C)(C)C. The van der Waals surface area contributed by atoms with Crippen molar-refractivity contribution in [1.29, 1.82) is 0 Å². The normalized spacial score (nSPS) is 20.5. The Morgan fingerprint density at radius 3 is 2.60 bits per heavy atom. The van der Waals surface area contributed by atoms with Crippen LogP contribution in [0.2, 0.25) is 5.02 Å². The summed E-state index contributed by atoms with van der Waals surface area (Å²) < 4.78 is 42.1. The van der Waals surface area contributed by atoms with E-state index in [4.69, 9.17) is 21.1 Å². The maximum absolute atomic E-state index is 15.0. The van der Waals surface area contributed by atoms with Gasteiger partial charge in [0.2, 0.25) is 0 Å². The molecule has 12 heteroatoms. The lowest BCUT2D eigenvalue weighted by molar-refractivity contribution is 0.0130. The van der Waals surface area contributed by atoms with Gasteiger partial charge in [-0.3, -0.25) is 4.57 Å². The molecule has 3 atom stereocenters. The van der Waals surface area contributed by atoms with Crippen LogP contribution in [-0.4, -0.2) is 69.6 Å². The lowest BCUT2D eigenvalue weighted by Gasteiger charge is -2.45. The van der Waals surface area contributed by atoms with Crippen LogP contribution < -0.4 is 15.3 Å². The molecule has 0 spiro atoms. The maximum atomic E-state index is 15.0. The number of aliphatic hydroxyl groups excluding tert-OH is 1. The number of anilines is 1. The van der Waals surface area contributed by atoms with Crippen molar-refractivity contribution in [1.82, 2.24) is 14.5 Å². The first-order valence-corrected chi connectivity index (χ1v) is 14.4. The highest BCUT2D eigenvalue weighted by Gasteiger charge is 2.38. The molecule has 42 heavy (non-hydrogen) atoms. The molecule has 3 heterocycles. The molecule has 2 aliphatic heterocycles. The molecule has 9 nitrogen and oxygen atoms in total. The van der Waals surface area contributed by atoms with Gasteiger partial charge in [-0.25, -0.2) is 18.4 Å². The van der Waals surface area contributed by atoms with E-state index in [0.717, 1.165) is 12.1 Å². The van der Waals surface area contributed by atoms with Crippen LogP contribution in [0.4, 0.5) is 19.4 Å². The minimum atomic E-state index is -0.817. The summed E-state index contributed by atoms with van der Waals surface area (Å²) in [5.41, 5.74) is -0.514. The minimum Gasteiger partial charge on any atom is -0.488 e. The van der Waals surface area contributed by atoms with Gasteiger partial charge in [-0.15, -0.1) is 0 Å². The number of carbonyl (C=O) groups is 1. The van der Waals surface area contributed by atoms with E-state index in [-0.39, 0.29) is 47.2 Å². The van der Waals surface area contributed by atoms with Gasteiger partial charge in [0.25, 0.3) is 0 Å². The largest absolute Gasteiger partial charge is 0.488 e. The number of carbonyl (C=O) groups excluding carboxylic acids is 1.